The molecule has 0 heterocycles. The minimum atomic E-state index is 0.523. The van der Waals surface area contributed by atoms with Gasteiger partial charge in [-0.05, 0) is 29.9 Å². The van der Waals surface area contributed by atoms with Crippen LogP contribution in [-0.4, -0.2) is 0 Å². The summed E-state index contributed by atoms with van der Waals surface area (Å²) in [5, 5.41) is 0. The molecule has 0 bridgehead atoms. The van der Waals surface area contributed by atoms with E-state index in [1.807, 2.05) is 12.1 Å². The average Bonchev–Trinajstić information content (AvgIpc) is 2.72. The van der Waals surface area contributed by atoms with Gasteiger partial charge < -0.3 is 0 Å². The molecule has 0 nitrogen and oxygen atoms in total. The zero-order chi connectivity index (χ0) is 7.03. The normalized spacial score (nSPS) is 20.5. The van der Waals surface area contributed by atoms with E-state index in [1.54, 1.807) is 0 Å². The first-order valence-electron chi connectivity index (χ1n) is 3.78. The first kappa shape index (κ1) is 5.96. The van der Waals surface area contributed by atoms with Crippen LogP contribution in [0.1, 0.15) is 25.3 Å². The lowest BCUT2D eigenvalue weighted by molar-refractivity contribution is 0.788. The average molecular weight is 131 g/mol. The first-order chi connectivity index (χ1) is 4.81. The summed E-state index contributed by atoms with van der Waals surface area (Å²) >= 11 is 0. The molecule has 0 amide bonds. The van der Waals surface area contributed by atoms with Gasteiger partial charge in [0.05, 0.1) is 0 Å². The fraction of sp³-hybridized carbons (Fsp3) is 0.400. The smallest absolute Gasteiger partial charge is 0.00746 e. The van der Waals surface area contributed by atoms with E-state index in [2.05, 4.69) is 25.1 Å². The van der Waals surface area contributed by atoms with Crippen molar-refractivity contribution >= 4 is 0 Å². The number of rotatable bonds is 1. The molecule has 0 saturated heterocycles. The van der Waals surface area contributed by atoms with E-state index in [0.717, 1.165) is 0 Å². The van der Waals surface area contributed by atoms with E-state index < -0.39 is 0 Å². The maximum Gasteiger partial charge on any atom is -0.00746 e. The van der Waals surface area contributed by atoms with Gasteiger partial charge in [-0.15, -0.1) is 0 Å². The molecule has 0 spiro atoms. The molecular formula is C10H11. The van der Waals surface area contributed by atoms with E-state index in [-0.39, 0.29) is 0 Å². The lowest BCUT2D eigenvalue weighted by atomic mass is 9.99. The second kappa shape index (κ2) is 1.85. The molecular weight excluding hydrogens is 120 g/mol. The van der Waals surface area contributed by atoms with E-state index >= 15 is 0 Å². The molecule has 1 fully saturated rings. The van der Waals surface area contributed by atoms with E-state index in [0.29, 0.717) is 5.41 Å². The Morgan fingerprint density at radius 1 is 1.30 bits per heavy atom. The maximum absolute atomic E-state index is 3.03. The lowest BCUT2D eigenvalue weighted by Gasteiger charge is -2.06. The van der Waals surface area contributed by atoms with Gasteiger partial charge >= 0.3 is 0 Å². The quantitative estimate of drug-likeness (QED) is 0.549. The zero-order valence-corrected chi connectivity index (χ0v) is 6.22. The number of hydrogen-bond acceptors (Lipinski definition) is 0. The van der Waals surface area contributed by atoms with Crippen LogP contribution in [0.5, 0.6) is 0 Å². The summed E-state index contributed by atoms with van der Waals surface area (Å²) in [4.78, 5) is 0. The van der Waals surface area contributed by atoms with Crippen molar-refractivity contribution in [2.45, 2.75) is 25.2 Å². The molecule has 0 aliphatic heterocycles. The third kappa shape index (κ3) is 0.841. The summed E-state index contributed by atoms with van der Waals surface area (Å²) in [5.41, 5.74) is 2.00. The van der Waals surface area contributed by atoms with Crippen molar-refractivity contribution in [1.82, 2.24) is 0 Å². The molecule has 0 unspecified atom stereocenters. The van der Waals surface area contributed by atoms with Gasteiger partial charge in [0, 0.05) is 0 Å². The Hall–Kier alpha value is -0.780. The van der Waals surface area contributed by atoms with E-state index in [4.69, 9.17) is 0 Å². The third-order valence-electron chi connectivity index (χ3n) is 2.42. The van der Waals surface area contributed by atoms with Crippen LogP contribution in [0.25, 0.3) is 0 Å². The number of benzene rings is 1. The zero-order valence-electron chi connectivity index (χ0n) is 6.22. The Kier molecular flexibility index (Phi) is 1.10. The topological polar surface area (TPSA) is 0 Å². The van der Waals surface area contributed by atoms with Crippen LogP contribution in [0.2, 0.25) is 0 Å². The molecule has 1 aromatic carbocycles. The fourth-order valence-electron chi connectivity index (χ4n) is 1.27. The van der Waals surface area contributed by atoms with Gasteiger partial charge in [-0.3, -0.25) is 0 Å². The highest BCUT2D eigenvalue weighted by atomic mass is 14.4. The Bertz CT molecular complexity index is 219. The molecule has 1 saturated carbocycles. The summed E-state index contributed by atoms with van der Waals surface area (Å²) in [6.45, 7) is 2.32. The van der Waals surface area contributed by atoms with Crippen molar-refractivity contribution in [3.8, 4) is 0 Å². The summed E-state index contributed by atoms with van der Waals surface area (Å²) in [6, 6.07) is 11.4. The van der Waals surface area contributed by atoms with Crippen molar-refractivity contribution in [3.63, 3.8) is 0 Å². The fourth-order valence-corrected chi connectivity index (χ4v) is 1.27. The Morgan fingerprint density at radius 3 is 2.40 bits per heavy atom. The van der Waals surface area contributed by atoms with Crippen LogP contribution in [0, 0.1) is 6.07 Å². The molecule has 10 heavy (non-hydrogen) atoms. The predicted molar refractivity (Wildman–Crippen MR) is 41.9 cm³/mol. The molecule has 1 aliphatic carbocycles. The van der Waals surface area contributed by atoms with Gasteiger partial charge in [0.25, 0.3) is 0 Å². The summed E-state index contributed by atoms with van der Waals surface area (Å²) in [7, 11) is 0. The molecule has 0 heteroatoms. The second-order valence-corrected chi connectivity index (χ2v) is 3.35. The summed E-state index contributed by atoms with van der Waals surface area (Å²) in [5.74, 6) is 0. The van der Waals surface area contributed by atoms with Gasteiger partial charge in [0.2, 0.25) is 0 Å². The highest BCUT2D eigenvalue weighted by Gasteiger charge is 2.38. The van der Waals surface area contributed by atoms with E-state index in [1.165, 1.54) is 18.4 Å². The molecule has 1 aromatic rings. The van der Waals surface area contributed by atoms with Crippen LogP contribution in [0.4, 0.5) is 0 Å². The molecule has 0 atom stereocenters. The van der Waals surface area contributed by atoms with Gasteiger partial charge in [-0.1, -0.05) is 31.2 Å². The van der Waals surface area contributed by atoms with Gasteiger partial charge in [0.1, 0.15) is 0 Å². The SMILES string of the molecule is CC1(c2cc[c]cc2)CC1. The Balaban J connectivity index is 2.35. The summed E-state index contributed by atoms with van der Waals surface area (Å²) < 4.78 is 0. The highest BCUT2D eigenvalue weighted by Crippen LogP contribution is 2.47. The molecule has 0 aromatic heterocycles. The second-order valence-electron chi connectivity index (χ2n) is 3.35. The molecule has 1 radical (unpaired) electrons. The van der Waals surface area contributed by atoms with Crippen molar-refractivity contribution in [2.75, 3.05) is 0 Å². The lowest BCUT2D eigenvalue weighted by Crippen LogP contribution is -1.97. The Morgan fingerprint density at radius 2 is 1.90 bits per heavy atom. The van der Waals surface area contributed by atoms with Gasteiger partial charge in [-0.2, -0.15) is 0 Å². The van der Waals surface area contributed by atoms with Crippen LogP contribution in [0.15, 0.2) is 24.3 Å². The van der Waals surface area contributed by atoms with Gasteiger partial charge in [0.15, 0.2) is 0 Å². The van der Waals surface area contributed by atoms with Crippen molar-refractivity contribution < 1.29 is 0 Å². The van der Waals surface area contributed by atoms with Crippen LogP contribution < -0.4 is 0 Å². The molecule has 1 aliphatic rings. The van der Waals surface area contributed by atoms with E-state index in [9.17, 15) is 0 Å². The van der Waals surface area contributed by atoms with Crippen LogP contribution in [0.3, 0.4) is 0 Å². The van der Waals surface area contributed by atoms with Crippen molar-refractivity contribution in [2.24, 2.45) is 0 Å². The first-order valence-corrected chi connectivity index (χ1v) is 3.78. The van der Waals surface area contributed by atoms with Crippen molar-refractivity contribution in [1.29, 1.82) is 0 Å². The number of hydrogen-bond donors (Lipinski definition) is 0. The third-order valence-corrected chi connectivity index (χ3v) is 2.42. The predicted octanol–water partition coefficient (Wildman–Crippen LogP) is 2.54. The minimum Gasteiger partial charge on any atom is -0.0579 e. The van der Waals surface area contributed by atoms with Crippen LogP contribution in [-0.2, 0) is 5.41 Å². The maximum atomic E-state index is 3.03. The van der Waals surface area contributed by atoms with Gasteiger partial charge in [-0.25, -0.2) is 0 Å². The van der Waals surface area contributed by atoms with Crippen molar-refractivity contribution in [3.05, 3.63) is 35.9 Å². The molecule has 0 N–H and O–H groups in total. The molecule has 51 valence electrons. The highest BCUT2D eigenvalue weighted by molar-refractivity contribution is 5.28. The Labute approximate surface area is 61.9 Å². The standard InChI is InChI=1S/C10H11/c1-10(7-8-10)9-5-3-2-4-6-9/h3-6H,7-8H2,1H3. The monoisotopic (exact) mass is 131 g/mol. The minimum absolute atomic E-state index is 0.523. The summed E-state index contributed by atoms with van der Waals surface area (Å²) in [6.07, 6.45) is 2.72. The van der Waals surface area contributed by atoms with Crippen LogP contribution >= 0.6 is 0 Å². The largest absolute Gasteiger partial charge is 0.0579 e. The molecule has 2 rings (SSSR count).